The van der Waals surface area contributed by atoms with E-state index in [1.807, 2.05) is 13.0 Å². The molecular weight excluding hydrogens is 214 g/mol. The lowest BCUT2D eigenvalue weighted by Gasteiger charge is -2.23. The third kappa shape index (κ3) is 3.58. The maximum absolute atomic E-state index is 9.16. The zero-order valence-electron chi connectivity index (χ0n) is 10.3. The number of aryl methyl sites for hydroxylation is 1. The van der Waals surface area contributed by atoms with Crippen molar-refractivity contribution in [1.29, 1.82) is 10.5 Å². The summed E-state index contributed by atoms with van der Waals surface area (Å²) in [6.45, 7) is 5.38. The predicted molar refractivity (Wildman–Crippen MR) is 63.9 cm³/mol. The van der Waals surface area contributed by atoms with Crippen LogP contribution >= 0.6 is 0 Å². The van der Waals surface area contributed by atoms with Crippen LogP contribution in [0.25, 0.3) is 0 Å². The van der Waals surface area contributed by atoms with Gasteiger partial charge in [-0.3, -0.25) is 5.32 Å². The van der Waals surface area contributed by atoms with E-state index in [0.29, 0.717) is 18.8 Å². The molecule has 1 heterocycles. The van der Waals surface area contributed by atoms with Gasteiger partial charge in [0.2, 0.25) is 5.82 Å². The van der Waals surface area contributed by atoms with Crippen LogP contribution in [0.15, 0.2) is 12.4 Å². The Labute approximate surface area is 102 Å². The Kier molecular flexibility index (Phi) is 4.68. The molecule has 1 N–H and O–H groups in total. The minimum Gasteiger partial charge on any atom is -0.323 e. The van der Waals surface area contributed by atoms with Crippen LogP contribution in [-0.2, 0) is 6.54 Å². The Balaban J connectivity index is 2.60. The molecule has 0 aliphatic heterocycles. The van der Waals surface area contributed by atoms with Gasteiger partial charge in [0.1, 0.15) is 11.6 Å². The minimum atomic E-state index is -0.549. The van der Waals surface area contributed by atoms with Crippen LogP contribution in [0.3, 0.4) is 0 Å². The highest BCUT2D eigenvalue weighted by atomic mass is 15.1. The van der Waals surface area contributed by atoms with Gasteiger partial charge in [0.15, 0.2) is 0 Å². The Bertz CT molecular complexity index is 436. The van der Waals surface area contributed by atoms with Crippen molar-refractivity contribution in [3.8, 4) is 12.1 Å². The fraction of sp³-hybridized carbons (Fsp3) is 0.583. The summed E-state index contributed by atoms with van der Waals surface area (Å²) in [6.07, 6.45) is 5.00. The number of aromatic nitrogens is 2. The van der Waals surface area contributed by atoms with E-state index < -0.39 is 5.54 Å². The summed E-state index contributed by atoms with van der Waals surface area (Å²) in [6, 6.07) is 4.31. The summed E-state index contributed by atoms with van der Waals surface area (Å²) in [5.41, 5.74) is -0.549. The predicted octanol–water partition coefficient (Wildman–Crippen LogP) is 1.43. The number of hydrogen-bond acceptors (Lipinski definition) is 4. The molecule has 0 spiro atoms. The molecule has 0 amide bonds. The molecule has 0 aromatic carbocycles. The second kappa shape index (κ2) is 6.03. The average Bonchev–Trinajstić information content (AvgIpc) is 2.81. The zero-order valence-corrected chi connectivity index (χ0v) is 10.3. The normalized spacial score (nSPS) is 13.6. The van der Waals surface area contributed by atoms with E-state index in [4.69, 9.17) is 10.5 Å². The van der Waals surface area contributed by atoms with Crippen molar-refractivity contribution < 1.29 is 0 Å². The van der Waals surface area contributed by atoms with E-state index in [0.717, 1.165) is 13.0 Å². The van der Waals surface area contributed by atoms with E-state index in [1.165, 1.54) is 0 Å². The SMILES string of the molecule is CCCNC(C)(C#N)CCn1ccnc1C#N. The molecule has 1 aromatic heterocycles. The molecule has 0 aliphatic carbocycles. The molecule has 0 saturated heterocycles. The molecular formula is C12H17N5. The number of nitrogens with zero attached hydrogens (tertiary/aromatic N) is 4. The molecule has 90 valence electrons. The van der Waals surface area contributed by atoms with Gasteiger partial charge in [-0.1, -0.05) is 6.92 Å². The van der Waals surface area contributed by atoms with Crippen molar-refractivity contribution in [3.63, 3.8) is 0 Å². The van der Waals surface area contributed by atoms with Gasteiger partial charge in [0.05, 0.1) is 6.07 Å². The van der Waals surface area contributed by atoms with Crippen molar-refractivity contribution in [1.82, 2.24) is 14.9 Å². The topological polar surface area (TPSA) is 77.4 Å². The van der Waals surface area contributed by atoms with Crippen LogP contribution in [0.1, 0.15) is 32.5 Å². The lowest BCUT2D eigenvalue weighted by molar-refractivity contribution is 0.392. The van der Waals surface area contributed by atoms with Gasteiger partial charge in [0, 0.05) is 18.9 Å². The minimum absolute atomic E-state index is 0.390. The summed E-state index contributed by atoms with van der Waals surface area (Å²) >= 11 is 0. The molecule has 1 atom stereocenters. The van der Waals surface area contributed by atoms with E-state index in [2.05, 4.69) is 23.3 Å². The summed E-state index contributed by atoms with van der Waals surface area (Å²) in [7, 11) is 0. The van der Waals surface area contributed by atoms with Gasteiger partial charge in [-0.05, 0) is 26.3 Å². The van der Waals surface area contributed by atoms with Crippen molar-refractivity contribution in [3.05, 3.63) is 18.2 Å². The molecule has 1 aromatic rings. The van der Waals surface area contributed by atoms with Crippen molar-refractivity contribution >= 4 is 0 Å². The number of hydrogen-bond donors (Lipinski definition) is 1. The van der Waals surface area contributed by atoms with Gasteiger partial charge in [-0.25, -0.2) is 4.98 Å². The second-order valence-corrected chi connectivity index (χ2v) is 4.18. The smallest absolute Gasteiger partial charge is 0.212 e. The second-order valence-electron chi connectivity index (χ2n) is 4.18. The van der Waals surface area contributed by atoms with Crippen LogP contribution in [0, 0.1) is 22.7 Å². The van der Waals surface area contributed by atoms with Crippen LogP contribution < -0.4 is 5.32 Å². The van der Waals surface area contributed by atoms with Crippen LogP contribution in [0.4, 0.5) is 0 Å². The average molecular weight is 231 g/mol. The first-order valence-electron chi connectivity index (χ1n) is 5.72. The summed E-state index contributed by atoms with van der Waals surface area (Å²) < 4.78 is 1.77. The molecule has 17 heavy (non-hydrogen) atoms. The molecule has 0 aliphatic rings. The largest absolute Gasteiger partial charge is 0.323 e. The molecule has 0 fully saturated rings. The van der Waals surface area contributed by atoms with Crippen molar-refractivity contribution in [2.75, 3.05) is 6.54 Å². The van der Waals surface area contributed by atoms with E-state index >= 15 is 0 Å². The molecule has 5 heteroatoms. The molecule has 0 bridgehead atoms. The van der Waals surface area contributed by atoms with E-state index in [1.54, 1.807) is 17.0 Å². The van der Waals surface area contributed by atoms with Gasteiger partial charge >= 0.3 is 0 Å². The highest BCUT2D eigenvalue weighted by Gasteiger charge is 2.22. The van der Waals surface area contributed by atoms with Crippen LogP contribution in [0.5, 0.6) is 0 Å². The Hall–Kier alpha value is -1.85. The number of nitriles is 2. The number of rotatable bonds is 6. The van der Waals surface area contributed by atoms with Crippen molar-refractivity contribution in [2.24, 2.45) is 0 Å². The third-order valence-electron chi connectivity index (χ3n) is 2.68. The maximum atomic E-state index is 9.16. The molecule has 1 unspecified atom stereocenters. The van der Waals surface area contributed by atoms with Crippen LogP contribution in [-0.4, -0.2) is 21.6 Å². The summed E-state index contributed by atoms with van der Waals surface area (Å²) in [5, 5.41) is 21.2. The molecule has 5 nitrogen and oxygen atoms in total. The number of nitrogens with one attached hydrogen (secondary N) is 1. The Morgan fingerprint density at radius 2 is 2.29 bits per heavy atom. The summed E-state index contributed by atoms with van der Waals surface area (Å²) in [5.74, 6) is 0.390. The van der Waals surface area contributed by atoms with Gasteiger partial charge in [-0.2, -0.15) is 10.5 Å². The first kappa shape index (κ1) is 13.2. The monoisotopic (exact) mass is 231 g/mol. The lowest BCUT2D eigenvalue weighted by atomic mass is 9.99. The fourth-order valence-electron chi connectivity index (χ4n) is 1.53. The third-order valence-corrected chi connectivity index (χ3v) is 2.68. The van der Waals surface area contributed by atoms with Gasteiger partial charge in [0.25, 0.3) is 0 Å². The molecule has 0 saturated carbocycles. The van der Waals surface area contributed by atoms with Gasteiger partial charge < -0.3 is 4.57 Å². The lowest BCUT2D eigenvalue weighted by Crippen LogP contribution is -2.42. The Morgan fingerprint density at radius 1 is 1.53 bits per heavy atom. The van der Waals surface area contributed by atoms with Gasteiger partial charge in [-0.15, -0.1) is 0 Å². The molecule has 0 radical (unpaired) electrons. The highest BCUT2D eigenvalue weighted by Crippen LogP contribution is 2.11. The standard InChI is InChI=1S/C12H17N5/c1-3-5-16-12(2,10-14)4-7-17-8-6-15-11(17)9-13/h6,8,16H,3-5,7H2,1-2H3. The van der Waals surface area contributed by atoms with Crippen molar-refractivity contribution in [2.45, 2.75) is 38.8 Å². The van der Waals surface area contributed by atoms with Crippen LogP contribution in [0.2, 0.25) is 0 Å². The number of imidazole rings is 1. The Morgan fingerprint density at radius 3 is 2.88 bits per heavy atom. The van der Waals surface area contributed by atoms with E-state index in [9.17, 15) is 0 Å². The van der Waals surface area contributed by atoms with E-state index in [-0.39, 0.29) is 0 Å². The summed E-state index contributed by atoms with van der Waals surface area (Å²) in [4.78, 5) is 3.92. The first-order chi connectivity index (χ1) is 8.15. The fourth-order valence-corrected chi connectivity index (χ4v) is 1.53. The quantitative estimate of drug-likeness (QED) is 0.803. The maximum Gasteiger partial charge on any atom is 0.212 e. The highest BCUT2D eigenvalue weighted by molar-refractivity contribution is 5.12. The molecule has 1 rings (SSSR count). The first-order valence-corrected chi connectivity index (χ1v) is 5.72. The zero-order chi connectivity index (χ0) is 12.7.